The molecule has 2 aromatic rings. The molecule has 1 amide bonds. The molecule has 8 heteroatoms. The Morgan fingerprint density at radius 3 is 2.78 bits per heavy atom. The van der Waals surface area contributed by atoms with Gasteiger partial charge >= 0.3 is 5.69 Å². The van der Waals surface area contributed by atoms with Crippen molar-refractivity contribution < 1.29 is 18.8 Å². The monoisotopic (exact) mass is 338 g/mol. The van der Waals surface area contributed by atoms with Gasteiger partial charge in [-0.1, -0.05) is 17.7 Å². The topological polar surface area (TPSA) is 81.5 Å². The van der Waals surface area contributed by atoms with Crippen LogP contribution in [0.3, 0.4) is 0 Å². The number of halogens is 2. The Balaban J connectivity index is 2.31. The summed E-state index contributed by atoms with van der Waals surface area (Å²) in [4.78, 5) is 22.5. The molecule has 0 atom stereocenters. The van der Waals surface area contributed by atoms with Crippen LogP contribution in [0.2, 0.25) is 5.02 Å². The summed E-state index contributed by atoms with van der Waals surface area (Å²) in [6.07, 6.45) is 0. The highest BCUT2D eigenvalue weighted by molar-refractivity contribution is 6.31. The zero-order chi connectivity index (χ0) is 17.0. The first-order chi connectivity index (χ1) is 10.9. The van der Waals surface area contributed by atoms with E-state index in [0.717, 1.165) is 6.07 Å². The van der Waals surface area contributed by atoms with Crippen molar-refractivity contribution >= 4 is 28.9 Å². The van der Waals surface area contributed by atoms with Crippen molar-refractivity contribution in [2.75, 3.05) is 11.9 Å². The maximum Gasteiger partial charge on any atom is 0.311 e. The fourth-order valence-electron chi connectivity index (χ4n) is 1.87. The second-order valence-electron chi connectivity index (χ2n) is 4.43. The summed E-state index contributed by atoms with van der Waals surface area (Å²) in [6.45, 7) is 1.94. The third-order valence-electron chi connectivity index (χ3n) is 2.92. The van der Waals surface area contributed by atoms with E-state index in [0.29, 0.717) is 0 Å². The number of ether oxygens (including phenoxy) is 1. The third kappa shape index (κ3) is 3.75. The average Bonchev–Trinajstić information content (AvgIpc) is 2.52. The van der Waals surface area contributed by atoms with Gasteiger partial charge in [-0.15, -0.1) is 0 Å². The zero-order valence-electron chi connectivity index (χ0n) is 12.0. The Hall–Kier alpha value is -2.67. The number of hydrogen-bond acceptors (Lipinski definition) is 4. The van der Waals surface area contributed by atoms with Crippen molar-refractivity contribution in [1.82, 2.24) is 0 Å². The van der Waals surface area contributed by atoms with Crippen LogP contribution in [-0.2, 0) is 0 Å². The molecule has 2 aromatic carbocycles. The first-order valence-corrected chi connectivity index (χ1v) is 6.98. The Morgan fingerprint density at radius 2 is 2.13 bits per heavy atom. The molecule has 2 rings (SSSR count). The van der Waals surface area contributed by atoms with E-state index in [-0.39, 0.29) is 34.3 Å². The number of anilines is 1. The fourth-order valence-corrected chi connectivity index (χ4v) is 2.05. The smallest absolute Gasteiger partial charge is 0.311 e. The van der Waals surface area contributed by atoms with Crippen molar-refractivity contribution in [1.29, 1.82) is 0 Å². The lowest BCUT2D eigenvalue weighted by Gasteiger charge is -2.09. The van der Waals surface area contributed by atoms with Crippen LogP contribution in [0.15, 0.2) is 36.4 Å². The van der Waals surface area contributed by atoms with Crippen molar-refractivity contribution in [3.05, 3.63) is 62.9 Å². The Labute approximate surface area is 136 Å². The molecule has 1 N–H and O–H groups in total. The van der Waals surface area contributed by atoms with Gasteiger partial charge in [-0.2, -0.15) is 0 Å². The highest BCUT2D eigenvalue weighted by Gasteiger charge is 2.19. The SMILES string of the molecule is CCOc1ccc(C(=O)Nc2cccc(Cl)c2F)cc1[N+](=O)[O-]. The van der Waals surface area contributed by atoms with Gasteiger partial charge in [-0.3, -0.25) is 14.9 Å². The number of nitrogens with zero attached hydrogens (tertiary/aromatic N) is 1. The summed E-state index contributed by atoms with van der Waals surface area (Å²) >= 11 is 5.63. The minimum absolute atomic E-state index is 0.000437. The molecular weight excluding hydrogens is 327 g/mol. The highest BCUT2D eigenvalue weighted by Crippen LogP contribution is 2.29. The van der Waals surface area contributed by atoms with E-state index in [2.05, 4.69) is 5.32 Å². The number of benzene rings is 2. The lowest BCUT2D eigenvalue weighted by atomic mass is 10.1. The normalized spacial score (nSPS) is 10.2. The fraction of sp³-hybridized carbons (Fsp3) is 0.133. The predicted molar refractivity (Wildman–Crippen MR) is 83.6 cm³/mol. The van der Waals surface area contributed by atoms with Crippen LogP contribution in [0.5, 0.6) is 5.75 Å². The zero-order valence-corrected chi connectivity index (χ0v) is 12.8. The van der Waals surface area contributed by atoms with Crippen LogP contribution in [0.25, 0.3) is 0 Å². The van der Waals surface area contributed by atoms with Crippen LogP contribution < -0.4 is 10.1 Å². The number of hydrogen-bond donors (Lipinski definition) is 1. The van der Waals surface area contributed by atoms with Crippen molar-refractivity contribution in [2.45, 2.75) is 6.92 Å². The molecule has 23 heavy (non-hydrogen) atoms. The lowest BCUT2D eigenvalue weighted by molar-refractivity contribution is -0.385. The van der Waals surface area contributed by atoms with Gasteiger partial charge in [0.2, 0.25) is 0 Å². The molecule has 120 valence electrons. The summed E-state index contributed by atoms with van der Waals surface area (Å²) < 4.78 is 18.9. The minimum Gasteiger partial charge on any atom is -0.487 e. The molecule has 6 nitrogen and oxygen atoms in total. The largest absolute Gasteiger partial charge is 0.487 e. The van der Waals surface area contributed by atoms with Crippen LogP contribution in [-0.4, -0.2) is 17.4 Å². The lowest BCUT2D eigenvalue weighted by Crippen LogP contribution is -2.13. The summed E-state index contributed by atoms with van der Waals surface area (Å²) in [7, 11) is 0. The van der Waals surface area contributed by atoms with Crippen LogP contribution in [0.4, 0.5) is 15.8 Å². The first kappa shape index (κ1) is 16.7. The second-order valence-corrected chi connectivity index (χ2v) is 4.84. The standard InChI is InChI=1S/C15H12ClFN2O4/c1-2-23-13-7-6-9(8-12(13)19(21)22)15(20)18-11-5-3-4-10(16)14(11)17/h3-8H,2H2,1H3,(H,18,20). The van der Waals surface area contributed by atoms with Gasteiger partial charge in [-0.25, -0.2) is 4.39 Å². The van der Waals surface area contributed by atoms with Crippen LogP contribution >= 0.6 is 11.6 Å². The molecule has 0 aliphatic heterocycles. The molecule has 0 saturated heterocycles. The maximum atomic E-state index is 13.8. The van der Waals surface area contributed by atoms with Gasteiger partial charge < -0.3 is 10.1 Å². The second kappa shape index (κ2) is 7.06. The molecular formula is C15H12ClFN2O4. The van der Waals surface area contributed by atoms with E-state index >= 15 is 0 Å². The van der Waals surface area contributed by atoms with E-state index in [4.69, 9.17) is 16.3 Å². The first-order valence-electron chi connectivity index (χ1n) is 6.60. The van der Waals surface area contributed by atoms with Gasteiger partial charge in [0.1, 0.15) is 0 Å². The van der Waals surface area contributed by atoms with Gasteiger partial charge in [0.25, 0.3) is 5.91 Å². The van der Waals surface area contributed by atoms with Gasteiger partial charge in [0, 0.05) is 11.6 Å². The number of amides is 1. The quantitative estimate of drug-likeness (QED) is 0.659. The molecule has 0 radical (unpaired) electrons. The highest BCUT2D eigenvalue weighted by atomic mass is 35.5. The van der Waals surface area contributed by atoms with Gasteiger partial charge in [0.15, 0.2) is 11.6 Å². The minimum atomic E-state index is -0.775. The van der Waals surface area contributed by atoms with Gasteiger partial charge in [-0.05, 0) is 31.2 Å². The Bertz CT molecular complexity index is 767. The van der Waals surface area contributed by atoms with Crippen LogP contribution in [0.1, 0.15) is 17.3 Å². The van der Waals surface area contributed by atoms with Crippen LogP contribution in [0, 0.1) is 15.9 Å². The molecule has 0 heterocycles. The van der Waals surface area contributed by atoms with Crippen molar-refractivity contribution in [2.24, 2.45) is 0 Å². The molecule has 0 aliphatic rings. The number of nitrogens with one attached hydrogen (secondary N) is 1. The summed E-state index contributed by atoms with van der Waals surface area (Å²) in [5.74, 6) is -1.41. The van der Waals surface area contributed by atoms with Crippen molar-refractivity contribution in [3.8, 4) is 5.75 Å². The Morgan fingerprint density at radius 1 is 1.39 bits per heavy atom. The van der Waals surface area contributed by atoms with Crippen molar-refractivity contribution in [3.63, 3.8) is 0 Å². The summed E-state index contributed by atoms with van der Waals surface area (Å²) in [5.41, 5.74) is -0.454. The number of carbonyl (C=O) groups is 1. The number of carbonyl (C=O) groups excluding carboxylic acids is 1. The number of nitro groups is 1. The predicted octanol–water partition coefficient (Wildman–Crippen LogP) is 4.04. The van der Waals surface area contributed by atoms with E-state index in [1.165, 1.54) is 30.3 Å². The number of nitro benzene ring substituents is 1. The van der Waals surface area contributed by atoms with Gasteiger partial charge in [0.05, 0.1) is 22.2 Å². The van der Waals surface area contributed by atoms with E-state index in [1.807, 2.05) is 0 Å². The van der Waals surface area contributed by atoms with E-state index < -0.39 is 16.6 Å². The third-order valence-corrected chi connectivity index (χ3v) is 3.21. The van der Waals surface area contributed by atoms with E-state index in [1.54, 1.807) is 6.92 Å². The van der Waals surface area contributed by atoms with E-state index in [9.17, 15) is 19.3 Å². The molecule has 0 spiro atoms. The summed E-state index contributed by atoms with van der Waals surface area (Å²) in [6, 6.07) is 7.90. The molecule has 0 aromatic heterocycles. The Kier molecular flexibility index (Phi) is 5.13. The molecule has 0 aliphatic carbocycles. The number of rotatable bonds is 5. The maximum absolute atomic E-state index is 13.8. The molecule has 0 bridgehead atoms. The molecule has 0 fully saturated rings. The summed E-state index contributed by atoms with van der Waals surface area (Å²) in [5, 5.41) is 13.2. The average molecular weight is 339 g/mol. The molecule has 0 saturated carbocycles. The molecule has 0 unspecified atom stereocenters.